The lowest BCUT2D eigenvalue weighted by atomic mass is 10.2. The maximum atomic E-state index is 9.68. The second kappa shape index (κ2) is 3.29. The van der Waals surface area contributed by atoms with Crippen LogP contribution in [0.25, 0.3) is 0 Å². The van der Waals surface area contributed by atoms with Crippen molar-refractivity contribution in [2.75, 3.05) is 6.54 Å². The minimum Gasteiger partial charge on any atom is -0.318 e. The van der Waals surface area contributed by atoms with Crippen molar-refractivity contribution < 1.29 is 9.90 Å². The number of hydrogen-bond acceptors (Lipinski definition) is 1. The molecule has 0 aromatic heterocycles. The summed E-state index contributed by atoms with van der Waals surface area (Å²) >= 11 is 0. The number of carbonyl (C=O) groups excluding carboxylic acids is 1. The highest BCUT2D eigenvalue weighted by Crippen LogP contribution is 1.85. The average molecular weight is 116 g/mol. The third-order valence-electron chi connectivity index (χ3n) is 0.655. The average Bonchev–Trinajstić information content (AvgIpc) is 1.61. The van der Waals surface area contributed by atoms with Crippen LogP contribution in [0.2, 0.25) is 0 Å². The second-order valence-corrected chi connectivity index (χ2v) is 2.06. The van der Waals surface area contributed by atoms with Crippen LogP contribution in [0.15, 0.2) is 0 Å². The van der Waals surface area contributed by atoms with Crippen LogP contribution in [0.3, 0.4) is 0 Å². The number of amides is 1. The maximum absolute atomic E-state index is 9.68. The number of rotatable bonds is 2. The molecule has 3 heteroatoms. The summed E-state index contributed by atoms with van der Waals surface area (Å²) in [5.74, 6) is 0.355. The highest BCUT2D eigenvalue weighted by atomic mass is 16.4. The normalized spacial score (nSPS) is 9.38. The first-order valence-electron chi connectivity index (χ1n) is 2.57. The number of hydrogen-bond donors (Lipinski definition) is 1. The Morgan fingerprint density at radius 2 is 2.12 bits per heavy atom. The molecule has 3 nitrogen and oxygen atoms in total. The summed E-state index contributed by atoms with van der Waals surface area (Å²) in [6.07, 6.45) is -1.20. The zero-order chi connectivity index (χ0) is 6.57. The molecule has 1 N–H and O–H groups in total. The van der Waals surface area contributed by atoms with Crippen LogP contribution in [-0.4, -0.2) is 12.6 Å². The lowest BCUT2D eigenvalue weighted by Crippen LogP contribution is -2.24. The van der Waals surface area contributed by atoms with E-state index in [9.17, 15) is 9.90 Å². The Balaban J connectivity index is 3.05. The predicted octanol–water partition coefficient (Wildman–Crippen LogP) is 0.782. The standard InChI is InChI=1S/C5H10NO2/c1-4(2)3-6-5(7)8/h4,6H,3H2,1-2H3. The molecule has 0 atom stereocenters. The van der Waals surface area contributed by atoms with Gasteiger partial charge in [0.1, 0.15) is 0 Å². The first kappa shape index (κ1) is 7.27. The van der Waals surface area contributed by atoms with Gasteiger partial charge in [-0.25, -0.2) is 9.90 Å². The van der Waals surface area contributed by atoms with E-state index in [1.807, 2.05) is 13.8 Å². The van der Waals surface area contributed by atoms with Gasteiger partial charge in [0.2, 0.25) is 0 Å². The van der Waals surface area contributed by atoms with Gasteiger partial charge in [0, 0.05) is 6.54 Å². The zero-order valence-corrected chi connectivity index (χ0v) is 5.10. The van der Waals surface area contributed by atoms with Crippen molar-refractivity contribution in [1.29, 1.82) is 0 Å². The topological polar surface area (TPSA) is 49.0 Å². The van der Waals surface area contributed by atoms with Crippen LogP contribution in [0.5, 0.6) is 0 Å². The lowest BCUT2D eigenvalue weighted by molar-refractivity contribution is 0.167. The van der Waals surface area contributed by atoms with Gasteiger partial charge in [-0.05, 0) is 5.92 Å². The molecule has 0 fully saturated rings. The highest BCUT2D eigenvalue weighted by molar-refractivity contribution is 5.63. The second-order valence-electron chi connectivity index (χ2n) is 2.06. The van der Waals surface area contributed by atoms with Crippen LogP contribution in [0, 0.1) is 5.92 Å². The predicted molar refractivity (Wildman–Crippen MR) is 28.9 cm³/mol. The molecule has 0 heterocycles. The minimum atomic E-state index is -1.20. The molecule has 47 valence electrons. The fourth-order valence-electron chi connectivity index (χ4n) is 0.287. The summed E-state index contributed by atoms with van der Waals surface area (Å²) in [5.41, 5.74) is 0. The van der Waals surface area contributed by atoms with Crippen molar-refractivity contribution in [3.8, 4) is 0 Å². The fourth-order valence-corrected chi connectivity index (χ4v) is 0.287. The Hall–Kier alpha value is -0.730. The van der Waals surface area contributed by atoms with Gasteiger partial charge in [-0.1, -0.05) is 13.8 Å². The molecule has 0 aliphatic carbocycles. The quantitative estimate of drug-likeness (QED) is 0.569. The van der Waals surface area contributed by atoms with E-state index in [1.54, 1.807) is 0 Å². The summed E-state index contributed by atoms with van der Waals surface area (Å²) in [6, 6.07) is 0. The molecule has 0 aliphatic rings. The van der Waals surface area contributed by atoms with Crippen LogP contribution in [0.4, 0.5) is 4.79 Å². The largest absolute Gasteiger partial charge is 0.450 e. The molecule has 0 rings (SSSR count). The summed E-state index contributed by atoms with van der Waals surface area (Å²) in [4.78, 5) is 9.68. The fraction of sp³-hybridized carbons (Fsp3) is 0.800. The zero-order valence-electron chi connectivity index (χ0n) is 5.10. The van der Waals surface area contributed by atoms with E-state index >= 15 is 0 Å². The minimum absolute atomic E-state index is 0.355. The molecule has 0 saturated heterocycles. The van der Waals surface area contributed by atoms with E-state index in [2.05, 4.69) is 5.32 Å². The smallest absolute Gasteiger partial charge is 0.318 e. The number of carbonyl (C=O) groups is 1. The highest BCUT2D eigenvalue weighted by Gasteiger charge is 1.97. The Morgan fingerprint density at radius 1 is 1.62 bits per heavy atom. The monoisotopic (exact) mass is 116 g/mol. The molecule has 0 aromatic rings. The maximum Gasteiger partial charge on any atom is 0.450 e. The van der Waals surface area contributed by atoms with Gasteiger partial charge in [-0.2, -0.15) is 0 Å². The summed E-state index contributed by atoms with van der Waals surface area (Å²) in [5, 5.41) is 11.8. The molecule has 1 amide bonds. The van der Waals surface area contributed by atoms with Crippen molar-refractivity contribution in [3.63, 3.8) is 0 Å². The Bertz CT molecular complexity index is 80.5. The van der Waals surface area contributed by atoms with Gasteiger partial charge in [0.15, 0.2) is 0 Å². The number of nitrogens with one attached hydrogen (secondary N) is 1. The van der Waals surface area contributed by atoms with Gasteiger partial charge in [0.05, 0.1) is 0 Å². The molecule has 0 unspecified atom stereocenters. The van der Waals surface area contributed by atoms with E-state index < -0.39 is 6.09 Å². The van der Waals surface area contributed by atoms with E-state index in [-0.39, 0.29) is 0 Å². The molecular weight excluding hydrogens is 106 g/mol. The van der Waals surface area contributed by atoms with Crippen LogP contribution in [0.1, 0.15) is 13.8 Å². The van der Waals surface area contributed by atoms with Crippen molar-refractivity contribution >= 4 is 6.09 Å². The van der Waals surface area contributed by atoms with E-state index in [1.165, 1.54) is 0 Å². The summed E-state index contributed by atoms with van der Waals surface area (Å²) in [6.45, 7) is 4.33. The third kappa shape index (κ3) is 5.27. The van der Waals surface area contributed by atoms with Gasteiger partial charge in [0.25, 0.3) is 0 Å². The van der Waals surface area contributed by atoms with Crippen LogP contribution < -0.4 is 5.32 Å². The lowest BCUT2D eigenvalue weighted by Gasteiger charge is -2.00. The van der Waals surface area contributed by atoms with E-state index in [0.29, 0.717) is 12.5 Å². The SMILES string of the molecule is CC(C)CNC([O])=O. The first-order valence-corrected chi connectivity index (χ1v) is 2.57. The molecule has 0 aliphatic heterocycles. The van der Waals surface area contributed by atoms with Gasteiger partial charge < -0.3 is 5.32 Å². The Labute approximate surface area is 48.7 Å². The summed E-state index contributed by atoms with van der Waals surface area (Å²) < 4.78 is 0. The van der Waals surface area contributed by atoms with Gasteiger partial charge in [-0.15, -0.1) is 0 Å². The molecule has 0 spiro atoms. The third-order valence-corrected chi connectivity index (χ3v) is 0.655. The van der Waals surface area contributed by atoms with Crippen molar-refractivity contribution in [2.24, 2.45) is 5.92 Å². The Kier molecular flexibility index (Phi) is 2.99. The van der Waals surface area contributed by atoms with Crippen LogP contribution in [-0.2, 0) is 5.11 Å². The molecule has 0 saturated carbocycles. The van der Waals surface area contributed by atoms with E-state index in [0.717, 1.165) is 0 Å². The van der Waals surface area contributed by atoms with Gasteiger partial charge >= 0.3 is 6.09 Å². The van der Waals surface area contributed by atoms with Gasteiger partial charge in [-0.3, -0.25) is 0 Å². The summed E-state index contributed by atoms with van der Waals surface area (Å²) in [7, 11) is 0. The van der Waals surface area contributed by atoms with Crippen molar-refractivity contribution in [1.82, 2.24) is 5.32 Å². The van der Waals surface area contributed by atoms with Crippen molar-refractivity contribution in [2.45, 2.75) is 13.8 Å². The van der Waals surface area contributed by atoms with E-state index in [4.69, 9.17) is 0 Å². The molecule has 0 aromatic carbocycles. The Morgan fingerprint density at radius 3 is 2.25 bits per heavy atom. The first-order chi connectivity index (χ1) is 3.63. The van der Waals surface area contributed by atoms with Crippen molar-refractivity contribution in [3.05, 3.63) is 0 Å². The molecule has 0 bridgehead atoms. The molecule has 8 heavy (non-hydrogen) atoms. The molecular formula is C5H10NO2. The van der Waals surface area contributed by atoms with Crippen LogP contribution >= 0.6 is 0 Å². The molecule has 1 radical (unpaired) electrons.